The Hall–Kier alpha value is -1.31. The summed E-state index contributed by atoms with van der Waals surface area (Å²) < 4.78 is 0. The Morgan fingerprint density at radius 3 is 2.45 bits per heavy atom. The van der Waals surface area contributed by atoms with Crippen molar-refractivity contribution in [1.29, 1.82) is 0 Å². The predicted octanol–water partition coefficient (Wildman–Crippen LogP) is 1.70. The zero-order chi connectivity index (χ0) is 8.43. The van der Waals surface area contributed by atoms with Crippen LogP contribution in [0.4, 0.5) is 5.69 Å². The maximum atomic E-state index is 10.5. The van der Waals surface area contributed by atoms with Crippen molar-refractivity contribution in [2.45, 2.75) is 13.8 Å². The zero-order valence-electron chi connectivity index (χ0n) is 6.72. The molecule has 0 aromatic heterocycles. The van der Waals surface area contributed by atoms with E-state index >= 15 is 0 Å². The Bertz CT molecular complexity index is 292. The number of rotatable bonds is 1. The van der Waals surface area contributed by atoms with Gasteiger partial charge in [-0.15, -0.1) is 0 Å². The number of hydrogen-bond donors (Lipinski definition) is 1. The van der Waals surface area contributed by atoms with E-state index < -0.39 is 0 Å². The van der Waals surface area contributed by atoms with E-state index in [0.717, 1.165) is 28.7 Å². The van der Waals surface area contributed by atoms with Crippen LogP contribution in [0.3, 0.4) is 0 Å². The highest BCUT2D eigenvalue weighted by molar-refractivity contribution is 5.79. The van der Waals surface area contributed by atoms with Crippen LogP contribution in [-0.2, 0) is 0 Å². The van der Waals surface area contributed by atoms with E-state index in [1.165, 1.54) is 0 Å². The average molecular weight is 149 g/mol. The number of benzene rings is 1. The van der Waals surface area contributed by atoms with E-state index in [1.807, 2.05) is 13.8 Å². The maximum absolute atomic E-state index is 10.5. The topological polar surface area (TPSA) is 43.1 Å². The number of carbonyl (C=O) groups excluding carboxylic acids is 1. The molecule has 0 amide bonds. The number of carbonyl (C=O) groups is 1. The van der Waals surface area contributed by atoms with Crippen molar-refractivity contribution in [2.24, 2.45) is 0 Å². The standard InChI is InChI=1S/C9H11NO/c1-6-7(2)9(10)4-3-8(6)5-11/h3-5H,10H2,1-2H3. The molecule has 0 aliphatic carbocycles. The van der Waals surface area contributed by atoms with Gasteiger partial charge in [0, 0.05) is 11.3 Å². The van der Waals surface area contributed by atoms with Crippen LogP contribution < -0.4 is 5.73 Å². The van der Waals surface area contributed by atoms with Crippen molar-refractivity contribution < 1.29 is 4.79 Å². The Morgan fingerprint density at radius 2 is 1.91 bits per heavy atom. The lowest BCUT2D eigenvalue weighted by molar-refractivity contribution is 0.112. The summed E-state index contributed by atoms with van der Waals surface area (Å²) in [5.41, 5.74) is 9.06. The van der Waals surface area contributed by atoms with Gasteiger partial charge in [0.1, 0.15) is 6.29 Å². The highest BCUT2D eigenvalue weighted by atomic mass is 16.1. The third-order valence-corrected chi connectivity index (χ3v) is 2.00. The minimum Gasteiger partial charge on any atom is -0.399 e. The molecule has 2 N–H and O–H groups in total. The fraction of sp³-hybridized carbons (Fsp3) is 0.222. The van der Waals surface area contributed by atoms with Gasteiger partial charge < -0.3 is 5.73 Å². The Morgan fingerprint density at radius 1 is 1.27 bits per heavy atom. The van der Waals surface area contributed by atoms with Crippen LogP contribution >= 0.6 is 0 Å². The summed E-state index contributed by atoms with van der Waals surface area (Å²) in [7, 11) is 0. The summed E-state index contributed by atoms with van der Waals surface area (Å²) in [4.78, 5) is 10.5. The highest BCUT2D eigenvalue weighted by Gasteiger charge is 2.01. The summed E-state index contributed by atoms with van der Waals surface area (Å²) >= 11 is 0. The molecule has 2 heteroatoms. The minimum absolute atomic E-state index is 0.719. The lowest BCUT2D eigenvalue weighted by atomic mass is 10.0. The summed E-state index contributed by atoms with van der Waals surface area (Å²) in [5, 5.41) is 0. The molecule has 1 aromatic rings. The smallest absolute Gasteiger partial charge is 0.150 e. The molecule has 0 saturated heterocycles. The lowest BCUT2D eigenvalue weighted by Gasteiger charge is -2.05. The van der Waals surface area contributed by atoms with Crippen LogP contribution in [0.15, 0.2) is 12.1 Å². The fourth-order valence-electron chi connectivity index (χ4n) is 0.990. The molecule has 1 rings (SSSR count). The molecule has 0 spiro atoms. The van der Waals surface area contributed by atoms with E-state index in [0.29, 0.717) is 0 Å². The number of anilines is 1. The van der Waals surface area contributed by atoms with Gasteiger partial charge in [-0.05, 0) is 37.1 Å². The van der Waals surface area contributed by atoms with E-state index in [4.69, 9.17) is 5.73 Å². The molecule has 0 fully saturated rings. The van der Waals surface area contributed by atoms with Crippen LogP contribution in [0.1, 0.15) is 21.5 Å². The Labute approximate surface area is 66.0 Å². The van der Waals surface area contributed by atoms with Gasteiger partial charge in [-0.1, -0.05) is 0 Å². The molecule has 0 unspecified atom stereocenters. The molecule has 0 aliphatic heterocycles. The molecule has 58 valence electrons. The van der Waals surface area contributed by atoms with E-state index in [2.05, 4.69) is 0 Å². The SMILES string of the molecule is Cc1c(N)ccc(C=O)c1C. The van der Waals surface area contributed by atoms with Crippen molar-refractivity contribution in [3.63, 3.8) is 0 Å². The van der Waals surface area contributed by atoms with Gasteiger partial charge in [0.25, 0.3) is 0 Å². The monoisotopic (exact) mass is 149 g/mol. The first-order chi connectivity index (χ1) is 5.16. The van der Waals surface area contributed by atoms with Crippen molar-refractivity contribution in [3.8, 4) is 0 Å². The number of nitrogen functional groups attached to an aromatic ring is 1. The summed E-state index contributed by atoms with van der Waals surface area (Å²) in [6, 6.07) is 3.50. The van der Waals surface area contributed by atoms with Crippen LogP contribution in [0.2, 0.25) is 0 Å². The first kappa shape index (κ1) is 7.79. The van der Waals surface area contributed by atoms with Gasteiger partial charge >= 0.3 is 0 Å². The van der Waals surface area contributed by atoms with Crippen LogP contribution in [0.25, 0.3) is 0 Å². The molecule has 1 aromatic carbocycles. The lowest BCUT2D eigenvalue weighted by Crippen LogP contribution is -1.95. The predicted molar refractivity (Wildman–Crippen MR) is 45.7 cm³/mol. The third kappa shape index (κ3) is 1.24. The largest absolute Gasteiger partial charge is 0.399 e. The molecule has 0 bridgehead atoms. The summed E-state index contributed by atoms with van der Waals surface area (Å²) in [6.07, 6.45) is 0.849. The van der Waals surface area contributed by atoms with Gasteiger partial charge in [0.2, 0.25) is 0 Å². The van der Waals surface area contributed by atoms with Gasteiger partial charge in [-0.3, -0.25) is 4.79 Å². The molecule has 2 nitrogen and oxygen atoms in total. The van der Waals surface area contributed by atoms with E-state index in [9.17, 15) is 4.79 Å². The second-order valence-corrected chi connectivity index (χ2v) is 2.61. The second-order valence-electron chi connectivity index (χ2n) is 2.61. The van der Waals surface area contributed by atoms with E-state index in [1.54, 1.807) is 12.1 Å². The average Bonchev–Trinajstić information content (AvgIpc) is 2.01. The fourth-order valence-corrected chi connectivity index (χ4v) is 0.990. The van der Waals surface area contributed by atoms with Crippen molar-refractivity contribution in [3.05, 3.63) is 28.8 Å². The quantitative estimate of drug-likeness (QED) is 0.487. The van der Waals surface area contributed by atoms with Crippen LogP contribution in [-0.4, -0.2) is 6.29 Å². The third-order valence-electron chi connectivity index (χ3n) is 2.00. The van der Waals surface area contributed by atoms with Crippen molar-refractivity contribution in [2.75, 3.05) is 5.73 Å². The first-order valence-electron chi connectivity index (χ1n) is 3.47. The van der Waals surface area contributed by atoms with Gasteiger partial charge in [0.05, 0.1) is 0 Å². The highest BCUT2D eigenvalue weighted by Crippen LogP contribution is 2.17. The maximum Gasteiger partial charge on any atom is 0.150 e. The molecule has 0 saturated carbocycles. The molecular weight excluding hydrogens is 138 g/mol. The van der Waals surface area contributed by atoms with Crippen molar-refractivity contribution in [1.82, 2.24) is 0 Å². The van der Waals surface area contributed by atoms with E-state index in [-0.39, 0.29) is 0 Å². The number of hydrogen-bond acceptors (Lipinski definition) is 2. The van der Waals surface area contributed by atoms with Gasteiger partial charge in [0.15, 0.2) is 0 Å². The summed E-state index contributed by atoms with van der Waals surface area (Å²) in [6.45, 7) is 3.81. The van der Waals surface area contributed by atoms with Crippen molar-refractivity contribution >= 4 is 12.0 Å². The molecule has 11 heavy (non-hydrogen) atoms. The molecular formula is C9H11NO. The number of aldehydes is 1. The summed E-state index contributed by atoms with van der Waals surface area (Å²) in [5.74, 6) is 0. The molecule has 0 heterocycles. The Kier molecular flexibility index (Phi) is 1.94. The molecule has 0 atom stereocenters. The van der Waals surface area contributed by atoms with Gasteiger partial charge in [-0.2, -0.15) is 0 Å². The van der Waals surface area contributed by atoms with Gasteiger partial charge in [-0.25, -0.2) is 0 Å². The normalized spacial score (nSPS) is 9.64. The van der Waals surface area contributed by atoms with Crippen LogP contribution in [0, 0.1) is 13.8 Å². The Balaban J connectivity index is 3.36. The molecule has 0 aliphatic rings. The van der Waals surface area contributed by atoms with Crippen LogP contribution in [0.5, 0.6) is 0 Å². The minimum atomic E-state index is 0.719. The molecule has 0 radical (unpaired) electrons. The first-order valence-corrected chi connectivity index (χ1v) is 3.47. The number of nitrogens with two attached hydrogens (primary N) is 1. The zero-order valence-corrected chi connectivity index (χ0v) is 6.72. The second kappa shape index (κ2) is 2.74.